The lowest BCUT2D eigenvalue weighted by Crippen LogP contribution is -2.42. The van der Waals surface area contributed by atoms with Gasteiger partial charge >= 0.3 is 12.0 Å². The first-order valence-electron chi connectivity index (χ1n) is 5.72. The molecule has 0 unspecified atom stereocenters. The summed E-state index contributed by atoms with van der Waals surface area (Å²) in [6.45, 7) is 0.880. The maximum atomic E-state index is 11.8. The second-order valence-corrected chi connectivity index (χ2v) is 4.10. The van der Waals surface area contributed by atoms with Crippen molar-refractivity contribution in [3.63, 3.8) is 0 Å². The van der Waals surface area contributed by atoms with Gasteiger partial charge in [-0.05, 0) is 18.9 Å². The summed E-state index contributed by atoms with van der Waals surface area (Å²) in [6.07, 6.45) is 4.05. The van der Waals surface area contributed by atoms with Crippen LogP contribution in [0.5, 0.6) is 0 Å². The van der Waals surface area contributed by atoms with E-state index in [1.807, 2.05) is 0 Å². The van der Waals surface area contributed by atoms with Crippen molar-refractivity contribution < 1.29 is 14.7 Å². The number of piperidine rings is 1. The highest BCUT2D eigenvalue weighted by atomic mass is 16.4. The fourth-order valence-electron chi connectivity index (χ4n) is 1.87. The highest BCUT2D eigenvalue weighted by Gasteiger charge is 2.27. The van der Waals surface area contributed by atoms with E-state index in [2.05, 4.69) is 15.3 Å². The minimum absolute atomic E-state index is 0.253. The topological polar surface area (TPSA) is 95.4 Å². The van der Waals surface area contributed by atoms with Crippen LogP contribution >= 0.6 is 0 Å². The average Bonchev–Trinajstić information content (AvgIpc) is 2.40. The van der Waals surface area contributed by atoms with Crippen molar-refractivity contribution >= 4 is 17.9 Å². The van der Waals surface area contributed by atoms with Gasteiger partial charge in [-0.25, -0.2) is 14.8 Å². The van der Waals surface area contributed by atoms with Gasteiger partial charge in [0.1, 0.15) is 0 Å². The molecule has 1 fully saturated rings. The van der Waals surface area contributed by atoms with Gasteiger partial charge in [0, 0.05) is 25.5 Å². The Morgan fingerprint density at radius 3 is 2.44 bits per heavy atom. The largest absolute Gasteiger partial charge is 0.481 e. The zero-order valence-corrected chi connectivity index (χ0v) is 9.74. The number of carbonyl (C=O) groups excluding carboxylic acids is 1. The smallest absolute Gasteiger partial charge is 0.324 e. The standard InChI is InChI=1S/C11H14N4O3/c16-9(17)8-2-6-15(7-3-8)11(18)14-10-12-4-1-5-13-10/h1,4-5,8H,2-3,6-7H2,(H,16,17)(H,12,13,14,18). The van der Waals surface area contributed by atoms with Crippen molar-refractivity contribution in [3.05, 3.63) is 18.5 Å². The van der Waals surface area contributed by atoms with Crippen LogP contribution in [0.15, 0.2) is 18.5 Å². The number of carboxylic acid groups (broad SMARTS) is 1. The normalized spacial score (nSPS) is 16.3. The molecule has 0 atom stereocenters. The second kappa shape index (κ2) is 5.44. The summed E-state index contributed by atoms with van der Waals surface area (Å²) in [7, 11) is 0. The summed E-state index contributed by atoms with van der Waals surface area (Å²) >= 11 is 0. The molecule has 1 aliphatic heterocycles. The first-order chi connectivity index (χ1) is 8.66. The Balaban J connectivity index is 1.86. The van der Waals surface area contributed by atoms with Gasteiger partial charge in [-0.3, -0.25) is 10.1 Å². The molecule has 1 aromatic rings. The van der Waals surface area contributed by atoms with Crippen molar-refractivity contribution in [1.82, 2.24) is 14.9 Å². The molecule has 1 saturated heterocycles. The van der Waals surface area contributed by atoms with Crippen molar-refractivity contribution in [3.8, 4) is 0 Å². The van der Waals surface area contributed by atoms with Crippen LogP contribution in [0.1, 0.15) is 12.8 Å². The first kappa shape index (κ1) is 12.3. The minimum Gasteiger partial charge on any atom is -0.481 e. The molecule has 1 aromatic heterocycles. The number of aromatic nitrogens is 2. The van der Waals surface area contributed by atoms with E-state index >= 15 is 0 Å². The van der Waals surface area contributed by atoms with Crippen LogP contribution in [0.25, 0.3) is 0 Å². The van der Waals surface area contributed by atoms with Crippen LogP contribution in [0.2, 0.25) is 0 Å². The van der Waals surface area contributed by atoms with Crippen LogP contribution < -0.4 is 5.32 Å². The zero-order chi connectivity index (χ0) is 13.0. The second-order valence-electron chi connectivity index (χ2n) is 4.10. The van der Waals surface area contributed by atoms with Crippen LogP contribution in [0, 0.1) is 5.92 Å². The quantitative estimate of drug-likeness (QED) is 0.809. The predicted molar refractivity (Wildman–Crippen MR) is 63.0 cm³/mol. The first-order valence-corrected chi connectivity index (χ1v) is 5.72. The number of nitrogens with one attached hydrogen (secondary N) is 1. The van der Waals surface area contributed by atoms with Crippen molar-refractivity contribution in [1.29, 1.82) is 0 Å². The molecule has 0 aromatic carbocycles. The van der Waals surface area contributed by atoms with E-state index in [0.717, 1.165) is 0 Å². The summed E-state index contributed by atoms with van der Waals surface area (Å²) < 4.78 is 0. The van der Waals surface area contributed by atoms with Crippen LogP contribution in [-0.2, 0) is 4.79 Å². The molecule has 96 valence electrons. The number of hydrogen-bond acceptors (Lipinski definition) is 4. The Hall–Kier alpha value is -2.18. The number of aliphatic carboxylic acids is 1. The average molecular weight is 250 g/mol. The maximum Gasteiger partial charge on any atom is 0.324 e. The molecule has 1 aliphatic rings. The van der Waals surface area contributed by atoms with E-state index in [1.54, 1.807) is 23.4 Å². The van der Waals surface area contributed by atoms with E-state index in [4.69, 9.17) is 5.11 Å². The van der Waals surface area contributed by atoms with E-state index in [9.17, 15) is 9.59 Å². The number of likely N-dealkylation sites (tertiary alicyclic amines) is 1. The van der Waals surface area contributed by atoms with Crippen LogP contribution in [0.3, 0.4) is 0 Å². The SMILES string of the molecule is O=C(O)C1CCN(C(=O)Nc2ncccn2)CC1. The molecular formula is C11H14N4O3. The molecule has 7 heteroatoms. The number of rotatable bonds is 2. The van der Waals surface area contributed by atoms with Crippen LogP contribution in [-0.4, -0.2) is 45.1 Å². The summed E-state index contributed by atoms with van der Waals surface area (Å²) in [5, 5.41) is 11.4. The predicted octanol–water partition coefficient (Wildman–Crippen LogP) is 0.805. The number of amides is 2. The summed E-state index contributed by atoms with van der Waals surface area (Å²) in [5.74, 6) is -0.883. The van der Waals surface area contributed by atoms with Gasteiger partial charge in [-0.15, -0.1) is 0 Å². The van der Waals surface area contributed by atoms with Crippen LogP contribution in [0.4, 0.5) is 10.7 Å². The van der Waals surface area contributed by atoms with Crippen molar-refractivity contribution in [2.24, 2.45) is 5.92 Å². The Bertz CT molecular complexity index is 429. The van der Waals surface area contributed by atoms with E-state index in [1.165, 1.54) is 0 Å². The van der Waals surface area contributed by atoms with Gasteiger partial charge in [0.15, 0.2) is 0 Å². The number of carboxylic acids is 1. The maximum absolute atomic E-state index is 11.8. The molecule has 0 saturated carbocycles. The number of urea groups is 1. The third-order valence-corrected chi connectivity index (χ3v) is 2.92. The monoisotopic (exact) mass is 250 g/mol. The molecule has 7 nitrogen and oxygen atoms in total. The van der Waals surface area contributed by atoms with Gasteiger partial charge < -0.3 is 10.0 Å². The lowest BCUT2D eigenvalue weighted by molar-refractivity contribution is -0.143. The third kappa shape index (κ3) is 2.93. The number of anilines is 1. The Morgan fingerprint density at radius 2 is 1.89 bits per heavy atom. The molecule has 0 aliphatic carbocycles. The number of carbonyl (C=O) groups is 2. The molecule has 0 bridgehead atoms. The van der Waals surface area contributed by atoms with Gasteiger partial charge in [-0.1, -0.05) is 0 Å². The van der Waals surface area contributed by atoms with Crippen molar-refractivity contribution in [2.75, 3.05) is 18.4 Å². The summed E-state index contributed by atoms with van der Waals surface area (Å²) in [4.78, 5) is 32.0. The van der Waals surface area contributed by atoms with Gasteiger partial charge in [0.25, 0.3) is 0 Å². The molecule has 2 amide bonds. The van der Waals surface area contributed by atoms with Gasteiger partial charge in [-0.2, -0.15) is 0 Å². The van der Waals surface area contributed by atoms with E-state index in [0.29, 0.717) is 25.9 Å². The Morgan fingerprint density at radius 1 is 1.28 bits per heavy atom. The minimum atomic E-state index is -0.790. The molecule has 2 heterocycles. The third-order valence-electron chi connectivity index (χ3n) is 2.92. The summed E-state index contributed by atoms with van der Waals surface area (Å²) in [5.41, 5.74) is 0. The lowest BCUT2D eigenvalue weighted by Gasteiger charge is -2.29. The molecule has 0 radical (unpaired) electrons. The molecule has 0 spiro atoms. The molecule has 2 N–H and O–H groups in total. The summed E-state index contributed by atoms with van der Waals surface area (Å²) in [6, 6.07) is 1.37. The molecule has 18 heavy (non-hydrogen) atoms. The number of hydrogen-bond donors (Lipinski definition) is 2. The van der Waals surface area contributed by atoms with Gasteiger partial charge in [0.05, 0.1) is 5.92 Å². The zero-order valence-electron chi connectivity index (χ0n) is 9.74. The Labute approximate surface area is 104 Å². The molecular weight excluding hydrogens is 236 g/mol. The van der Waals surface area contributed by atoms with Gasteiger partial charge in [0.2, 0.25) is 5.95 Å². The highest BCUT2D eigenvalue weighted by molar-refractivity contribution is 5.87. The lowest BCUT2D eigenvalue weighted by atomic mass is 9.97. The van der Waals surface area contributed by atoms with Crippen molar-refractivity contribution in [2.45, 2.75) is 12.8 Å². The molecule has 2 rings (SSSR count). The van der Waals surface area contributed by atoms with E-state index in [-0.39, 0.29) is 17.9 Å². The Kier molecular flexibility index (Phi) is 3.71. The van der Waals surface area contributed by atoms with E-state index < -0.39 is 5.97 Å². The fraction of sp³-hybridized carbons (Fsp3) is 0.455. The highest BCUT2D eigenvalue weighted by Crippen LogP contribution is 2.17. The number of nitrogens with zero attached hydrogens (tertiary/aromatic N) is 3. The fourth-order valence-corrected chi connectivity index (χ4v) is 1.87.